The first-order chi connectivity index (χ1) is 13.5. The number of aromatic hydroxyl groups is 1. The van der Waals surface area contributed by atoms with Crippen LogP contribution in [0.5, 0.6) is 5.75 Å². The number of carbonyl (C=O) groups excluding carboxylic acids is 2. The minimum absolute atomic E-state index is 0.0237. The molecule has 0 bridgehead atoms. The molecule has 1 fully saturated rings. The van der Waals surface area contributed by atoms with Crippen LogP contribution in [0.15, 0.2) is 54.6 Å². The molecule has 1 aliphatic rings. The zero-order valence-corrected chi connectivity index (χ0v) is 16.2. The van der Waals surface area contributed by atoms with Gasteiger partial charge in [-0.1, -0.05) is 30.3 Å². The Bertz CT molecular complexity index is 784. The van der Waals surface area contributed by atoms with Crippen LogP contribution in [0.1, 0.15) is 12.5 Å². The molecule has 0 saturated carbocycles. The van der Waals surface area contributed by atoms with Gasteiger partial charge in [-0.25, -0.2) is 0 Å². The summed E-state index contributed by atoms with van der Waals surface area (Å²) in [6, 6.07) is 16.5. The molecule has 0 unspecified atom stereocenters. The number of hydrogen-bond donors (Lipinski definition) is 3. The summed E-state index contributed by atoms with van der Waals surface area (Å²) < 4.78 is 0. The first kappa shape index (κ1) is 19.9. The van der Waals surface area contributed by atoms with E-state index < -0.39 is 6.04 Å². The lowest BCUT2D eigenvalue weighted by atomic mass is 10.0. The Morgan fingerprint density at radius 2 is 1.71 bits per heavy atom. The Morgan fingerprint density at radius 3 is 2.32 bits per heavy atom. The van der Waals surface area contributed by atoms with Crippen LogP contribution >= 0.6 is 0 Å². The first-order valence-corrected chi connectivity index (χ1v) is 9.72. The van der Waals surface area contributed by atoms with Crippen molar-refractivity contribution in [1.29, 1.82) is 0 Å². The van der Waals surface area contributed by atoms with E-state index >= 15 is 0 Å². The normalized spacial score (nSPS) is 15.8. The number of benzene rings is 2. The molecule has 2 aromatic rings. The Labute approximate surface area is 165 Å². The summed E-state index contributed by atoms with van der Waals surface area (Å²) in [7, 11) is 0. The summed E-state index contributed by atoms with van der Waals surface area (Å²) in [4.78, 5) is 27.9. The number of rotatable bonds is 7. The number of anilines is 1. The predicted octanol–water partition coefficient (Wildman–Crippen LogP) is 0.414. The van der Waals surface area contributed by atoms with Crippen LogP contribution in [0, 0.1) is 0 Å². The molecule has 1 atom stereocenters. The van der Waals surface area contributed by atoms with E-state index in [1.54, 1.807) is 12.1 Å². The monoisotopic (exact) mass is 382 g/mol. The van der Waals surface area contributed by atoms with Crippen molar-refractivity contribution in [3.05, 3.63) is 60.2 Å². The Morgan fingerprint density at radius 1 is 1.07 bits per heavy atom. The van der Waals surface area contributed by atoms with E-state index in [0.29, 0.717) is 13.0 Å². The van der Waals surface area contributed by atoms with Gasteiger partial charge in [0.2, 0.25) is 0 Å². The van der Waals surface area contributed by atoms with Crippen molar-refractivity contribution in [2.24, 2.45) is 0 Å². The van der Waals surface area contributed by atoms with E-state index in [9.17, 15) is 14.7 Å². The largest absolute Gasteiger partial charge is 0.508 e. The minimum Gasteiger partial charge on any atom is -0.508 e. The zero-order chi connectivity index (χ0) is 19.9. The summed E-state index contributed by atoms with van der Waals surface area (Å²) >= 11 is 0. The number of piperazine rings is 1. The number of hydrogen-bond acceptors (Lipinski definition) is 4. The van der Waals surface area contributed by atoms with E-state index in [1.165, 1.54) is 11.8 Å². The molecule has 1 aliphatic heterocycles. The van der Waals surface area contributed by atoms with E-state index in [1.807, 2.05) is 42.5 Å². The van der Waals surface area contributed by atoms with Gasteiger partial charge in [0.05, 0.1) is 32.2 Å². The second-order valence-corrected chi connectivity index (χ2v) is 7.35. The maximum atomic E-state index is 12.5. The van der Waals surface area contributed by atoms with Gasteiger partial charge in [-0.3, -0.25) is 9.59 Å². The van der Waals surface area contributed by atoms with Gasteiger partial charge in [0.25, 0.3) is 5.91 Å². The maximum Gasteiger partial charge on any atom is 0.275 e. The molecular formula is C22H28N3O3+. The molecule has 148 valence electrons. The van der Waals surface area contributed by atoms with Crippen LogP contribution in [0.4, 0.5) is 5.69 Å². The summed E-state index contributed by atoms with van der Waals surface area (Å²) in [5, 5.41) is 12.3. The number of nitrogens with zero attached hydrogens (tertiary/aromatic N) is 1. The van der Waals surface area contributed by atoms with Gasteiger partial charge < -0.3 is 20.2 Å². The van der Waals surface area contributed by atoms with Gasteiger partial charge in [-0.05, 0) is 43.2 Å². The van der Waals surface area contributed by atoms with Crippen LogP contribution in [0.25, 0.3) is 0 Å². The topological polar surface area (TPSA) is 74.1 Å². The Kier molecular flexibility index (Phi) is 6.66. The molecule has 28 heavy (non-hydrogen) atoms. The molecule has 0 aromatic heterocycles. The van der Waals surface area contributed by atoms with Gasteiger partial charge in [0, 0.05) is 5.69 Å². The Balaban J connectivity index is 1.48. The molecule has 0 spiro atoms. The highest BCUT2D eigenvalue weighted by atomic mass is 16.3. The molecule has 3 rings (SSSR count). The van der Waals surface area contributed by atoms with Crippen molar-refractivity contribution in [3.8, 4) is 5.75 Å². The zero-order valence-electron chi connectivity index (χ0n) is 16.2. The minimum atomic E-state index is -0.479. The van der Waals surface area contributed by atoms with E-state index in [-0.39, 0.29) is 17.4 Å². The SMILES string of the molecule is CC(=O)[C@H](Cc1ccccc1)NC(=O)C[NH+]1CCN(c2ccc(O)cc2)CC1. The quantitative estimate of drug-likeness (QED) is 0.649. The van der Waals surface area contributed by atoms with Gasteiger partial charge in [-0.15, -0.1) is 0 Å². The van der Waals surface area contributed by atoms with Crippen molar-refractivity contribution >= 4 is 17.4 Å². The third-order valence-electron chi connectivity index (χ3n) is 5.20. The Hall–Kier alpha value is -2.86. The predicted molar refractivity (Wildman–Crippen MR) is 109 cm³/mol. The fourth-order valence-corrected chi connectivity index (χ4v) is 3.54. The van der Waals surface area contributed by atoms with Crippen molar-refractivity contribution in [1.82, 2.24) is 5.32 Å². The fraction of sp³-hybridized carbons (Fsp3) is 0.364. The van der Waals surface area contributed by atoms with Crippen LogP contribution in [-0.4, -0.2) is 55.6 Å². The van der Waals surface area contributed by atoms with Gasteiger partial charge in [0.15, 0.2) is 12.3 Å². The molecule has 0 aliphatic carbocycles. The average molecular weight is 382 g/mol. The van der Waals surface area contributed by atoms with Crippen LogP contribution < -0.4 is 15.1 Å². The van der Waals surface area contributed by atoms with Crippen LogP contribution in [-0.2, 0) is 16.0 Å². The lowest BCUT2D eigenvalue weighted by Crippen LogP contribution is -3.16. The number of nitrogens with one attached hydrogen (secondary N) is 2. The molecule has 2 aromatic carbocycles. The lowest BCUT2D eigenvalue weighted by molar-refractivity contribution is -0.892. The average Bonchev–Trinajstić information content (AvgIpc) is 2.69. The van der Waals surface area contributed by atoms with E-state index in [2.05, 4.69) is 10.2 Å². The molecular weight excluding hydrogens is 354 g/mol. The summed E-state index contributed by atoms with van der Waals surface area (Å²) in [6.45, 7) is 5.33. The number of Topliss-reactive ketones (excluding diaryl/α,β-unsaturated/α-hetero) is 1. The number of phenolic OH excluding ortho intramolecular Hbond substituents is 1. The lowest BCUT2D eigenvalue weighted by Gasteiger charge is -2.33. The van der Waals surface area contributed by atoms with E-state index in [0.717, 1.165) is 37.4 Å². The second kappa shape index (κ2) is 9.37. The third-order valence-corrected chi connectivity index (χ3v) is 5.20. The molecule has 1 amide bonds. The number of carbonyl (C=O) groups is 2. The molecule has 1 saturated heterocycles. The van der Waals surface area contributed by atoms with Crippen molar-refractivity contribution < 1.29 is 19.6 Å². The highest BCUT2D eigenvalue weighted by molar-refractivity contribution is 5.88. The number of ketones is 1. The number of quaternary nitrogens is 1. The third kappa shape index (κ3) is 5.57. The summed E-state index contributed by atoms with van der Waals surface area (Å²) in [6.07, 6.45) is 0.520. The van der Waals surface area contributed by atoms with Crippen molar-refractivity contribution in [3.63, 3.8) is 0 Å². The number of phenols is 1. The smallest absolute Gasteiger partial charge is 0.275 e. The van der Waals surface area contributed by atoms with E-state index in [4.69, 9.17) is 0 Å². The van der Waals surface area contributed by atoms with Gasteiger partial charge >= 0.3 is 0 Å². The molecule has 6 heteroatoms. The van der Waals surface area contributed by atoms with Gasteiger partial charge in [0.1, 0.15) is 5.75 Å². The molecule has 0 radical (unpaired) electrons. The number of amides is 1. The highest BCUT2D eigenvalue weighted by Crippen LogP contribution is 2.18. The van der Waals surface area contributed by atoms with Crippen LogP contribution in [0.2, 0.25) is 0 Å². The standard InChI is InChI=1S/C22H27N3O3/c1-17(26)21(15-18-5-3-2-4-6-18)23-22(28)16-24-11-13-25(14-12-24)19-7-9-20(27)10-8-19/h2-10,21,27H,11-16H2,1H3,(H,23,28)/p+1/t21-/m0/s1. The maximum absolute atomic E-state index is 12.5. The van der Waals surface area contributed by atoms with Crippen molar-refractivity contribution in [2.45, 2.75) is 19.4 Å². The summed E-state index contributed by atoms with van der Waals surface area (Å²) in [5.74, 6) is 0.161. The van der Waals surface area contributed by atoms with Gasteiger partial charge in [-0.2, -0.15) is 0 Å². The molecule has 3 N–H and O–H groups in total. The molecule has 1 heterocycles. The fourth-order valence-electron chi connectivity index (χ4n) is 3.54. The highest BCUT2D eigenvalue weighted by Gasteiger charge is 2.24. The first-order valence-electron chi connectivity index (χ1n) is 9.72. The van der Waals surface area contributed by atoms with Crippen molar-refractivity contribution in [2.75, 3.05) is 37.6 Å². The van der Waals surface area contributed by atoms with Crippen LogP contribution in [0.3, 0.4) is 0 Å². The second-order valence-electron chi connectivity index (χ2n) is 7.35. The molecule has 6 nitrogen and oxygen atoms in total. The summed E-state index contributed by atoms with van der Waals surface area (Å²) in [5.41, 5.74) is 2.12.